The minimum Gasteiger partial charge on any atom is -0.497 e. The van der Waals surface area contributed by atoms with Gasteiger partial charge in [0.25, 0.3) is 0 Å². The second-order valence-corrected chi connectivity index (χ2v) is 7.40. The zero-order valence-electron chi connectivity index (χ0n) is 12.7. The number of rotatable bonds is 6. The van der Waals surface area contributed by atoms with Gasteiger partial charge in [-0.05, 0) is 42.9 Å². The van der Waals surface area contributed by atoms with E-state index >= 15 is 0 Å². The summed E-state index contributed by atoms with van der Waals surface area (Å²) < 4.78 is 3.32. The van der Waals surface area contributed by atoms with Gasteiger partial charge < -0.3 is 20.7 Å². The number of nitrogens with one attached hydrogen (secondary N) is 3. The van der Waals surface area contributed by atoms with Crippen LogP contribution in [-0.2, 0) is 4.79 Å². The first-order chi connectivity index (χ1) is 10.8. The molecule has 0 aromatic heterocycles. The molecule has 23 heavy (non-hydrogen) atoms. The van der Waals surface area contributed by atoms with E-state index in [2.05, 4.69) is 16.0 Å². The molecule has 0 fully saturated rings. The average Bonchev–Trinajstić information content (AvgIpc) is 2.46. The summed E-state index contributed by atoms with van der Waals surface area (Å²) in [7, 11) is 1.58. The zero-order chi connectivity index (χ0) is 17.5. The number of anilines is 1. The number of methoxy groups -OCH3 is 1. The Balaban J connectivity index is 2.66. The van der Waals surface area contributed by atoms with E-state index in [0.717, 1.165) is 11.4 Å². The Morgan fingerprint density at radius 2 is 1.87 bits per heavy atom. The van der Waals surface area contributed by atoms with Gasteiger partial charge in [0.05, 0.1) is 7.11 Å². The molecule has 128 valence electrons. The van der Waals surface area contributed by atoms with Gasteiger partial charge in [-0.2, -0.15) is 0 Å². The van der Waals surface area contributed by atoms with Gasteiger partial charge in [-0.15, -0.1) is 0 Å². The number of thiocarbonyl (C=S) groups is 1. The van der Waals surface area contributed by atoms with Crippen LogP contribution < -0.4 is 20.7 Å². The topological polar surface area (TPSA) is 62.4 Å². The monoisotopic (exact) mass is 397 g/mol. The summed E-state index contributed by atoms with van der Waals surface area (Å²) >= 11 is 22.8. The lowest BCUT2D eigenvalue weighted by molar-refractivity contribution is -0.121. The Hall–Kier alpha value is -0.950. The molecule has 0 radical (unpaired) electrons. The Labute approximate surface area is 156 Å². The van der Waals surface area contributed by atoms with E-state index in [1.807, 2.05) is 6.92 Å². The summed E-state index contributed by atoms with van der Waals surface area (Å²) in [6, 6.07) is 7.13. The highest BCUT2D eigenvalue weighted by molar-refractivity contribution is 7.80. The third-order valence-electron chi connectivity index (χ3n) is 2.73. The summed E-state index contributed by atoms with van der Waals surface area (Å²) in [6.45, 7) is 1.88. The van der Waals surface area contributed by atoms with E-state index in [-0.39, 0.29) is 11.0 Å². The fourth-order valence-electron chi connectivity index (χ4n) is 1.63. The lowest BCUT2D eigenvalue weighted by Crippen LogP contribution is -2.56. The first kappa shape index (κ1) is 20.1. The van der Waals surface area contributed by atoms with Crippen molar-refractivity contribution >= 4 is 63.7 Å². The number of hydrogen-bond acceptors (Lipinski definition) is 3. The first-order valence-corrected chi connectivity index (χ1v) is 8.38. The van der Waals surface area contributed by atoms with Crippen LogP contribution in [0.3, 0.4) is 0 Å². The van der Waals surface area contributed by atoms with Crippen LogP contribution in [0.15, 0.2) is 24.3 Å². The molecule has 0 spiro atoms. The third-order valence-corrected chi connectivity index (χ3v) is 3.61. The van der Waals surface area contributed by atoms with Crippen LogP contribution in [0.2, 0.25) is 0 Å². The average molecular weight is 399 g/mol. The molecule has 0 heterocycles. The Morgan fingerprint density at radius 1 is 1.26 bits per heavy atom. The number of benzene rings is 1. The second-order valence-electron chi connectivity index (χ2n) is 4.62. The predicted molar refractivity (Wildman–Crippen MR) is 99.5 cm³/mol. The number of ether oxygens (including phenoxy) is 1. The number of carbonyl (C=O) groups is 1. The fraction of sp³-hybridized carbons (Fsp3) is 0.429. The van der Waals surface area contributed by atoms with Gasteiger partial charge in [0.15, 0.2) is 5.11 Å². The van der Waals surface area contributed by atoms with Crippen LogP contribution in [-0.4, -0.2) is 28.1 Å². The molecule has 0 saturated carbocycles. The molecule has 5 nitrogen and oxygen atoms in total. The van der Waals surface area contributed by atoms with Crippen LogP contribution >= 0.6 is 47.0 Å². The standard InChI is InChI=1S/C14H18Cl3N3O2S/c1-3-4-11(21)19-12(14(15,16)17)20-13(23)18-9-5-7-10(22-2)8-6-9/h5-8,12H,3-4H2,1-2H3,(H,19,21)(H2,18,20,23)/t12-/m1/s1. The van der Waals surface area contributed by atoms with Crippen molar-refractivity contribution in [3.05, 3.63) is 24.3 Å². The van der Waals surface area contributed by atoms with Crippen LogP contribution in [0, 0.1) is 0 Å². The summed E-state index contributed by atoms with van der Waals surface area (Å²) in [5.41, 5.74) is 0.728. The smallest absolute Gasteiger partial charge is 0.228 e. The van der Waals surface area contributed by atoms with Crippen LogP contribution in [0.1, 0.15) is 19.8 Å². The highest BCUT2D eigenvalue weighted by Crippen LogP contribution is 2.29. The predicted octanol–water partition coefficient (Wildman–Crippen LogP) is 3.59. The van der Waals surface area contributed by atoms with E-state index < -0.39 is 9.96 Å². The van der Waals surface area contributed by atoms with Crippen molar-refractivity contribution in [2.24, 2.45) is 0 Å². The minimum atomic E-state index is -1.75. The molecule has 1 rings (SSSR count). The van der Waals surface area contributed by atoms with Crippen molar-refractivity contribution in [1.29, 1.82) is 0 Å². The van der Waals surface area contributed by atoms with E-state index in [9.17, 15) is 4.79 Å². The lowest BCUT2D eigenvalue weighted by atomic mass is 10.3. The van der Waals surface area contributed by atoms with Crippen molar-refractivity contribution in [1.82, 2.24) is 10.6 Å². The summed E-state index contributed by atoms with van der Waals surface area (Å²) in [5.74, 6) is 0.490. The molecule has 3 N–H and O–H groups in total. The Bertz CT molecular complexity index is 535. The number of hydrogen-bond donors (Lipinski definition) is 3. The number of amides is 1. The van der Waals surface area contributed by atoms with Crippen molar-refractivity contribution in [3.63, 3.8) is 0 Å². The van der Waals surface area contributed by atoms with Crippen molar-refractivity contribution in [2.75, 3.05) is 12.4 Å². The largest absolute Gasteiger partial charge is 0.497 e. The maximum absolute atomic E-state index is 11.7. The van der Waals surface area contributed by atoms with Gasteiger partial charge in [0.1, 0.15) is 11.9 Å². The van der Waals surface area contributed by atoms with E-state index in [0.29, 0.717) is 12.8 Å². The quantitative estimate of drug-likeness (QED) is 0.388. The highest BCUT2D eigenvalue weighted by atomic mass is 35.6. The van der Waals surface area contributed by atoms with Crippen LogP contribution in [0.4, 0.5) is 5.69 Å². The number of carbonyl (C=O) groups excluding carboxylic acids is 1. The molecule has 0 aliphatic rings. The van der Waals surface area contributed by atoms with Gasteiger partial charge >= 0.3 is 0 Å². The highest BCUT2D eigenvalue weighted by Gasteiger charge is 2.34. The Kier molecular flexibility index (Phi) is 8.19. The normalized spacial score (nSPS) is 12.2. The number of alkyl halides is 3. The SMILES string of the molecule is CCCC(=O)N[C@H](NC(=S)Nc1ccc(OC)cc1)C(Cl)(Cl)Cl. The van der Waals surface area contributed by atoms with Gasteiger partial charge in [0.2, 0.25) is 9.70 Å². The molecule has 0 bridgehead atoms. The van der Waals surface area contributed by atoms with Gasteiger partial charge in [0, 0.05) is 12.1 Å². The molecule has 0 unspecified atom stereocenters. The molecule has 9 heteroatoms. The van der Waals surface area contributed by atoms with E-state index in [1.165, 1.54) is 0 Å². The van der Waals surface area contributed by atoms with Crippen LogP contribution in [0.25, 0.3) is 0 Å². The maximum atomic E-state index is 11.7. The minimum absolute atomic E-state index is 0.211. The third kappa shape index (κ3) is 7.44. The zero-order valence-corrected chi connectivity index (χ0v) is 15.7. The molecule has 1 aromatic rings. The van der Waals surface area contributed by atoms with Gasteiger partial charge in [-0.3, -0.25) is 4.79 Å². The van der Waals surface area contributed by atoms with Crippen molar-refractivity contribution in [2.45, 2.75) is 29.7 Å². The number of halogens is 3. The molecule has 0 aliphatic carbocycles. The van der Waals surface area contributed by atoms with E-state index in [1.54, 1.807) is 31.4 Å². The molecule has 1 aromatic carbocycles. The summed E-state index contributed by atoms with van der Waals surface area (Å²) in [4.78, 5) is 11.7. The molecule has 0 aliphatic heterocycles. The summed E-state index contributed by atoms with van der Waals surface area (Å²) in [6.07, 6.45) is 0.0645. The van der Waals surface area contributed by atoms with Crippen LogP contribution in [0.5, 0.6) is 5.75 Å². The van der Waals surface area contributed by atoms with Gasteiger partial charge in [-0.1, -0.05) is 41.7 Å². The fourth-order valence-corrected chi connectivity index (χ4v) is 2.20. The molecule has 1 amide bonds. The molecular weight excluding hydrogens is 381 g/mol. The maximum Gasteiger partial charge on any atom is 0.228 e. The summed E-state index contributed by atoms with van der Waals surface area (Å²) in [5, 5.41) is 8.53. The molecule has 0 saturated heterocycles. The molecular formula is C14H18Cl3N3O2S. The lowest BCUT2D eigenvalue weighted by Gasteiger charge is -2.27. The van der Waals surface area contributed by atoms with E-state index in [4.69, 9.17) is 51.8 Å². The first-order valence-electron chi connectivity index (χ1n) is 6.84. The van der Waals surface area contributed by atoms with Crippen molar-refractivity contribution < 1.29 is 9.53 Å². The second kappa shape index (κ2) is 9.37. The van der Waals surface area contributed by atoms with Crippen molar-refractivity contribution in [3.8, 4) is 5.75 Å². The van der Waals surface area contributed by atoms with Gasteiger partial charge in [-0.25, -0.2) is 0 Å². The molecule has 1 atom stereocenters. The Morgan fingerprint density at radius 3 is 2.35 bits per heavy atom.